The maximum absolute atomic E-state index is 14.5. The second-order valence-electron chi connectivity index (χ2n) is 23.0. The minimum atomic E-state index is -0.821. The Bertz CT molecular complexity index is 2080. The van der Waals surface area contributed by atoms with E-state index in [-0.39, 0.29) is 51.0 Å². The summed E-state index contributed by atoms with van der Waals surface area (Å²) in [6.45, 7) is 22.5. The predicted octanol–water partition coefficient (Wildman–Crippen LogP) is 10.9. The topological polar surface area (TPSA) is 102 Å². The van der Waals surface area contributed by atoms with E-state index in [1.807, 2.05) is 32.2 Å². The molecule has 0 saturated heterocycles. The van der Waals surface area contributed by atoms with Gasteiger partial charge in [0, 0.05) is 41.8 Å². The normalized spacial score (nSPS) is 37.9. The van der Waals surface area contributed by atoms with Crippen molar-refractivity contribution in [1.29, 1.82) is 0 Å². The average molecular weight is 843 g/mol. The summed E-state index contributed by atoms with van der Waals surface area (Å²) in [6.07, 6.45) is 12.0. The number of allylic oxidation sites excluding steroid dienone is 2. The van der Waals surface area contributed by atoms with E-state index >= 15 is 0 Å². The molecule has 5 saturated carbocycles. The largest absolute Gasteiger partial charge is 0.481 e. The summed E-state index contributed by atoms with van der Waals surface area (Å²) in [6, 6.07) is 8.08. The van der Waals surface area contributed by atoms with Gasteiger partial charge in [-0.05, 0) is 140 Å². The Labute approximate surface area is 364 Å². The highest BCUT2D eigenvalue weighted by molar-refractivity contribution is 6.30. The molecule has 0 amide bonds. The molecule has 5 fully saturated rings. The van der Waals surface area contributed by atoms with Crippen LogP contribution in [0.1, 0.15) is 132 Å². The molecule has 0 unspecified atom stereocenters. The van der Waals surface area contributed by atoms with Crippen LogP contribution < -0.4 is 0 Å². The van der Waals surface area contributed by atoms with E-state index in [4.69, 9.17) is 21.3 Å². The van der Waals surface area contributed by atoms with Gasteiger partial charge in [0.25, 0.3) is 0 Å². The first-order chi connectivity index (χ1) is 28.0. The van der Waals surface area contributed by atoms with Crippen molar-refractivity contribution in [1.82, 2.24) is 14.5 Å². The fraction of sp³-hybridized carbons (Fsp3) is 0.725. The molecule has 0 bridgehead atoms. The Morgan fingerprint density at radius 3 is 2.23 bits per heavy atom. The number of halogens is 1. The lowest BCUT2D eigenvalue weighted by molar-refractivity contribution is -0.236. The minimum absolute atomic E-state index is 0.0479. The maximum atomic E-state index is 14.5. The third-order valence-corrected chi connectivity index (χ3v) is 19.2. The second kappa shape index (κ2) is 14.8. The number of nitrogens with zero attached hydrogens (tertiary/aromatic N) is 3. The monoisotopic (exact) mass is 842 g/mol. The van der Waals surface area contributed by atoms with Crippen molar-refractivity contribution in [2.45, 2.75) is 146 Å². The summed E-state index contributed by atoms with van der Waals surface area (Å²) < 4.78 is 8.88. The molecule has 10 atom stereocenters. The van der Waals surface area contributed by atoms with Crippen LogP contribution in [0.25, 0.3) is 11.3 Å². The minimum Gasteiger partial charge on any atom is -0.481 e. The highest BCUT2D eigenvalue weighted by Gasteiger charge is 2.70. The van der Waals surface area contributed by atoms with E-state index in [1.54, 1.807) is 0 Å². The highest BCUT2D eigenvalue weighted by atomic mass is 35.5. The molecule has 8 nitrogen and oxygen atoms in total. The standard InChI is InChI=1S/C51H72ClN3O5/c1-30(2)42-37(56)27-51(28-41-53-29-36(55(41)25-24-54(10)11)31-12-14-32(52)15-13-31)23-22-49(8)33(43(42)51)16-17-39-48(7)20-19-40(47(5,6)38(48)18-21-50(39,49)9)60-45(59)35-26-34(44(57)58)46(35,3)4/h12-15,29-30,33-35,38-40H,16-28H2,1-11H3,(H,57,58)/t33-,34+,35-,38+,39-,40+,48+,49-,50-,51+/m1/s1. The van der Waals surface area contributed by atoms with Crippen LogP contribution >= 0.6 is 11.6 Å². The predicted molar refractivity (Wildman–Crippen MR) is 237 cm³/mol. The number of aromatic nitrogens is 2. The van der Waals surface area contributed by atoms with Gasteiger partial charge in [-0.25, -0.2) is 4.98 Å². The van der Waals surface area contributed by atoms with Crippen LogP contribution in [-0.4, -0.2) is 64.0 Å². The molecule has 0 spiro atoms. The molecule has 6 aliphatic rings. The molecule has 9 heteroatoms. The summed E-state index contributed by atoms with van der Waals surface area (Å²) in [5, 5.41) is 10.4. The molecular weight excluding hydrogens is 770 g/mol. The van der Waals surface area contributed by atoms with Gasteiger partial charge in [0.05, 0.1) is 23.7 Å². The zero-order valence-corrected chi connectivity index (χ0v) is 39.2. The molecule has 1 N–H and O–H groups in total. The molecule has 0 aliphatic heterocycles. The Morgan fingerprint density at radius 2 is 1.60 bits per heavy atom. The van der Waals surface area contributed by atoms with Gasteiger partial charge in [0.1, 0.15) is 11.9 Å². The smallest absolute Gasteiger partial charge is 0.309 e. The van der Waals surface area contributed by atoms with Crippen LogP contribution in [0, 0.1) is 68.0 Å². The van der Waals surface area contributed by atoms with Gasteiger partial charge in [-0.2, -0.15) is 0 Å². The van der Waals surface area contributed by atoms with E-state index in [9.17, 15) is 19.5 Å². The first kappa shape index (κ1) is 43.7. The summed E-state index contributed by atoms with van der Waals surface area (Å²) in [7, 11) is 4.24. The quantitative estimate of drug-likeness (QED) is 0.238. The number of hydrogen-bond donors (Lipinski definition) is 1. The molecule has 60 heavy (non-hydrogen) atoms. The van der Waals surface area contributed by atoms with E-state index in [2.05, 4.69) is 84.2 Å². The van der Waals surface area contributed by atoms with Gasteiger partial charge in [-0.15, -0.1) is 0 Å². The van der Waals surface area contributed by atoms with Crippen molar-refractivity contribution in [3.63, 3.8) is 0 Å². The fourth-order valence-electron chi connectivity index (χ4n) is 15.4. The summed E-state index contributed by atoms with van der Waals surface area (Å²) in [5.41, 5.74) is 4.02. The van der Waals surface area contributed by atoms with Crippen LogP contribution in [0.15, 0.2) is 41.6 Å². The Morgan fingerprint density at radius 1 is 0.900 bits per heavy atom. The second-order valence-corrected chi connectivity index (χ2v) is 23.4. The number of carbonyl (C=O) groups excluding carboxylic acids is 2. The van der Waals surface area contributed by atoms with Crippen molar-refractivity contribution in [2.24, 2.45) is 68.0 Å². The number of Topliss-reactive ketones (excluding diaryl/α,β-unsaturated/α-hetero) is 1. The van der Waals surface area contributed by atoms with E-state index in [0.29, 0.717) is 36.4 Å². The number of likely N-dealkylation sites (N-methyl/N-ethyl adjacent to an activating group) is 1. The van der Waals surface area contributed by atoms with Crippen LogP contribution in [0.2, 0.25) is 5.02 Å². The molecule has 1 heterocycles. The number of imidazole rings is 1. The molecule has 0 radical (unpaired) electrons. The van der Waals surface area contributed by atoms with Gasteiger partial charge in [0.2, 0.25) is 0 Å². The zero-order valence-electron chi connectivity index (χ0n) is 38.4. The van der Waals surface area contributed by atoms with E-state index < -0.39 is 17.3 Å². The Hall–Kier alpha value is -2.97. The van der Waals surface area contributed by atoms with Crippen LogP contribution in [0.3, 0.4) is 0 Å². The number of aliphatic carboxylic acids is 1. The lowest BCUT2D eigenvalue weighted by Crippen LogP contribution is -2.66. The van der Waals surface area contributed by atoms with Crippen LogP contribution in [0.4, 0.5) is 0 Å². The Balaban J connectivity index is 1.09. The average Bonchev–Trinajstić information content (AvgIpc) is 3.68. The van der Waals surface area contributed by atoms with Crippen molar-refractivity contribution in [3.05, 3.63) is 52.5 Å². The van der Waals surface area contributed by atoms with Crippen molar-refractivity contribution >= 4 is 29.3 Å². The van der Waals surface area contributed by atoms with Crippen LogP contribution in [-0.2, 0) is 32.1 Å². The number of carbonyl (C=O) groups is 3. The zero-order chi connectivity index (χ0) is 43.5. The summed E-state index contributed by atoms with van der Waals surface area (Å²) in [5.74, 6) is 0.992. The third-order valence-electron chi connectivity index (χ3n) is 19.0. The summed E-state index contributed by atoms with van der Waals surface area (Å²) in [4.78, 5) is 47.4. The molecule has 328 valence electrons. The Kier molecular flexibility index (Phi) is 10.8. The first-order valence-corrected chi connectivity index (χ1v) is 23.6. The molecule has 1 aromatic heterocycles. The fourth-order valence-corrected chi connectivity index (χ4v) is 15.5. The number of ketones is 1. The maximum Gasteiger partial charge on any atom is 0.309 e. The van der Waals surface area contributed by atoms with Crippen molar-refractivity contribution in [2.75, 3.05) is 20.6 Å². The summed E-state index contributed by atoms with van der Waals surface area (Å²) >= 11 is 6.32. The van der Waals surface area contributed by atoms with E-state index in [0.717, 1.165) is 98.6 Å². The number of carboxylic acid groups (broad SMARTS) is 1. The lowest BCUT2D eigenvalue weighted by Gasteiger charge is -2.72. The van der Waals surface area contributed by atoms with Gasteiger partial charge >= 0.3 is 11.9 Å². The van der Waals surface area contributed by atoms with Crippen molar-refractivity contribution in [3.8, 4) is 11.3 Å². The van der Waals surface area contributed by atoms with Gasteiger partial charge < -0.3 is 19.3 Å². The number of ether oxygens (including phenoxy) is 1. The van der Waals surface area contributed by atoms with Gasteiger partial charge in [0.15, 0.2) is 5.78 Å². The van der Waals surface area contributed by atoms with Crippen LogP contribution in [0.5, 0.6) is 0 Å². The van der Waals surface area contributed by atoms with Gasteiger partial charge in [-0.1, -0.05) is 91.6 Å². The number of fused-ring (bicyclic) bond motifs is 7. The van der Waals surface area contributed by atoms with Crippen molar-refractivity contribution < 1.29 is 24.2 Å². The molecule has 8 rings (SSSR count). The number of hydrogen-bond acceptors (Lipinski definition) is 6. The third kappa shape index (κ3) is 6.43. The lowest BCUT2D eigenvalue weighted by atomic mass is 9.33. The number of benzene rings is 1. The molecule has 1 aromatic carbocycles. The van der Waals surface area contributed by atoms with Gasteiger partial charge in [-0.3, -0.25) is 14.4 Å². The SMILES string of the molecule is CC(C)C1=C2[C@H]3CC[C@@H]4[C@@]5(C)CC[C@H](OC(=O)[C@H]6C[C@@H](C(=O)O)C6(C)C)C(C)(C)[C@@H]5CC[C@@]4(C)[C@]3(C)CC[C@@]2(Cc2ncc(-c3ccc(Cl)cc3)n2CCN(C)C)CC1=O. The number of esters is 1. The van der Waals surface area contributed by atoms with E-state index in [1.165, 1.54) is 5.57 Å². The molecule has 6 aliphatic carbocycles. The highest BCUT2D eigenvalue weighted by Crippen LogP contribution is 2.77. The first-order valence-electron chi connectivity index (χ1n) is 23.2. The number of rotatable bonds is 10. The number of carboxylic acids is 1. The molecular formula is C51H72ClN3O5. The molecule has 2 aromatic rings.